The van der Waals surface area contributed by atoms with E-state index in [4.69, 9.17) is 4.74 Å². The second kappa shape index (κ2) is 8.73. The average Bonchev–Trinajstić information content (AvgIpc) is 3.23. The largest absolute Gasteiger partial charge is 0.457 e. The molecule has 1 heterocycles. The number of nitrogens with one attached hydrogen (secondary N) is 2. The van der Waals surface area contributed by atoms with Crippen LogP contribution in [0.5, 0.6) is 11.5 Å². The van der Waals surface area contributed by atoms with Gasteiger partial charge in [-0.1, -0.05) is 31.0 Å². The molecule has 1 fully saturated rings. The summed E-state index contributed by atoms with van der Waals surface area (Å²) in [5, 5.41) is 6.31. The summed E-state index contributed by atoms with van der Waals surface area (Å²) >= 11 is 0. The van der Waals surface area contributed by atoms with E-state index in [9.17, 15) is 4.79 Å². The predicted molar refractivity (Wildman–Crippen MR) is 113 cm³/mol. The molecular weight excluding hydrogens is 364 g/mol. The van der Waals surface area contributed by atoms with Crippen LogP contribution in [0, 0.1) is 6.92 Å². The van der Waals surface area contributed by atoms with Crippen LogP contribution in [0.3, 0.4) is 0 Å². The van der Waals surface area contributed by atoms with E-state index in [0.29, 0.717) is 17.3 Å². The monoisotopic (exact) mass is 388 g/mol. The molecule has 0 aliphatic heterocycles. The highest BCUT2D eigenvalue weighted by Gasteiger charge is 2.19. The molecule has 0 atom stereocenters. The van der Waals surface area contributed by atoms with Crippen molar-refractivity contribution >= 4 is 17.4 Å². The molecule has 29 heavy (non-hydrogen) atoms. The van der Waals surface area contributed by atoms with Crippen molar-refractivity contribution in [1.29, 1.82) is 0 Å². The van der Waals surface area contributed by atoms with Crippen molar-refractivity contribution in [2.75, 3.05) is 5.32 Å². The lowest BCUT2D eigenvalue weighted by Gasteiger charge is -2.13. The number of anilines is 2. The van der Waals surface area contributed by atoms with Gasteiger partial charge in [-0.15, -0.1) is 0 Å². The Morgan fingerprint density at radius 1 is 0.966 bits per heavy atom. The third kappa shape index (κ3) is 5.10. The van der Waals surface area contributed by atoms with Gasteiger partial charge in [-0.25, -0.2) is 9.97 Å². The highest BCUT2D eigenvalue weighted by atomic mass is 16.5. The third-order valence-electron chi connectivity index (χ3n) is 4.87. The van der Waals surface area contributed by atoms with E-state index in [1.807, 2.05) is 54.6 Å². The molecule has 1 aliphatic rings. The maximum Gasteiger partial charge on any atom is 0.270 e. The molecule has 148 valence electrons. The SMILES string of the molecule is Cc1nc(Nc2ccc(Oc3ccccc3)cc2)cc(C(=O)NC2CCCC2)n1. The topological polar surface area (TPSA) is 76.1 Å². The number of carbonyl (C=O) groups is 1. The normalized spacial score (nSPS) is 13.8. The minimum absolute atomic E-state index is 0.142. The third-order valence-corrected chi connectivity index (χ3v) is 4.87. The first-order chi connectivity index (χ1) is 14.2. The van der Waals surface area contributed by atoms with Crippen LogP contribution in [0.4, 0.5) is 11.5 Å². The van der Waals surface area contributed by atoms with Gasteiger partial charge in [0.05, 0.1) is 0 Å². The lowest BCUT2D eigenvalue weighted by Crippen LogP contribution is -2.33. The van der Waals surface area contributed by atoms with Crippen molar-refractivity contribution in [2.45, 2.75) is 38.6 Å². The van der Waals surface area contributed by atoms with Gasteiger partial charge in [0, 0.05) is 17.8 Å². The molecule has 0 radical (unpaired) electrons. The first-order valence-electron chi connectivity index (χ1n) is 9.92. The Labute approximate surface area is 170 Å². The number of carbonyl (C=O) groups excluding carboxylic acids is 1. The average molecular weight is 388 g/mol. The highest BCUT2D eigenvalue weighted by molar-refractivity contribution is 5.93. The van der Waals surface area contributed by atoms with Gasteiger partial charge in [0.15, 0.2) is 0 Å². The van der Waals surface area contributed by atoms with E-state index < -0.39 is 0 Å². The van der Waals surface area contributed by atoms with Gasteiger partial charge in [0.2, 0.25) is 0 Å². The highest BCUT2D eigenvalue weighted by Crippen LogP contribution is 2.24. The Bertz CT molecular complexity index is 968. The summed E-state index contributed by atoms with van der Waals surface area (Å²) in [4.78, 5) is 21.2. The van der Waals surface area contributed by atoms with Crippen molar-refractivity contribution in [3.05, 3.63) is 72.2 Å². The zero-order valence-corrected chi connectivity index (χ0v) is 16.4. The molecule has 3 aromatic rings. The molecule has 0 spiro atoms. The Morgan fingerprint density at radius 3 is 2.38 bits per heavy atom. The number of aryl methyl sites for hydroxylation is 1. The number of rotatable bonds is 6. The molecule has 2 N–H and O–H groups in total. The number of aromatic nitrogens is 2. The second-order valence-corrected chi connectivity index (χ2v) is 7.20. The molecule has 6 nitrogen and oxygen atoms in total. The number of hydrogen-bond acceptors (Lipinski definition) is 5. The van der Waals surface area contributed by atoms with Crippen LogP contribution in [-0.4, -0.2) is 21.9 Å². The van der Waals surface area contributed by atoms with E-state index in [1.54, 1.807) is 13.0 Å². The van der Waals surface area contributed by atoms with Crippen LogP contribution < -0.4 is 15.4 Å². The predicted octanol–water partition coefficient (Wildman–Crippen LogP) is 4.99. The van der Waals surface area contributed by atoms with Crippen LogP contribution in [0.1, 0.15) is 42.0 Å². The molecule has 1 aliphatic carbocycles. The lowest BCUT2D eigenvalue weighted by molar-refractivity contribution is 0.0932. The van der Waals surface area contributed by atoms with Crippen molar-refractivity contribution < 1.29 is 9.53 Å². The van der Waals surface area contributed by atoms with Crippen LogP contribution in [-0.2, 0) is 0 Å². The summed E-state index contributed by atoms with van der Waals surface area (Å²) in [6.45, 7) is 1.79. The number of benzene rings is 2. The van der Waals surface area contributed by atoms with Gasteiger partial charge in [-0.3, -0.25) is 4.79 Å². The molecule has 0 unspecified atom stereocenters. The lowest BCUT2D eigenvalue weighted by atomic mass is 10.2. The van der Waals surface area contributed by atoms with Gasteiger partial charge in [0.25, 0.3) is 5.91 Å². The number of amides is 1. The zero-order valence-electron chi connectivity index (χ0n) is 16.4. The summed E-state index contributed by atoms with van der Waals surface area (Å²) in [6.07, 6.45) is 4.42. The molecule has 0 bridgehead atoms. The number of ether oxygens (including phenoxy) is 1. The number of hydrogen-bond donors (Lipinski definition) is 2. The van der Waals surface area contributed by atoms with Gasteiger partial charge in [-0.05, 0) is 56.2 Å². The molecule has 1 amide bonds. The molecule has 0 saturated heterocycles. The number of nitrogens with zero attached hydrogens (tertiary/aromatic N) is 2. The smallest absolute Gasteiger partial charge is 0.270 e. The zero-order chi connectivity index (χ0) is 20.1. The summed E-state index contributed by atoms with van der Waals surface area (Å²) in [5.41, 5.74) is 1.24. The Hall–Kier alpha value is -3.41. The van der Waals surface area contributed by atoms with Gasteiger partial charge < -0.3 is 15.4 Å². The first-order valence-corrected chi connectivity index (χ1v) is 9.92. The summed E-state index contributed by atoms with van der Waals surface area (Å²) in [7, 11) is 0. The van der Waals surface area contributed by atoms with E-state index in [1.165, 1.54) is 12.8 Å². The van der Waals surface area contributed by atoms with Crippen molar-refractivity contribution in [1.82, 2.24) is 15.3 Å². The fourth-order valence-electron chi connectivity index (χ4n) is 3.46. The molecule has 6 heteroatoms. The quantitative estimate of drug-likeness (QED) is 0.622. The summed E-state index contributed by atoms with van der Waals surface area (Å²) in [6, 6.07) is 19.2. The Morgan fingerprint density at radius 2 is 1.66 bits per heavy atom. The molecular formula is C23H24N4O2. The van der Waals surface area contributed by atoms with Crippen molar-refractivity contribution in [3.8, 4) is 11.5 Å². The second-order valence-electron chi connectivity index (χ2n) is 7.20. The van der Waals surface area contributed by atoms with Crippen LogP contribution in [0.15, 0.2) is 60.7 Å². The molecule has 2 aromatic carbocycles. The maximum atomic E-state index is 12.5. The molecule has 4 rings (SSSR count). The van der Waals surface area contributed by atoms with Gasteiger partial charge in [0.1, 0.15) is 28.8 Å². The standard InChI is InChI=1S/C23H24N4O2/c1-16-24-21(23(28)27-17-7-5-6-8-17)15-22(25-16)26-18-11-13-20(14-12-18)29-19-9-3-2-4-10-19/h2-4,9-15,17H,5-8H2,1H3,(H,27,28)(H,24,25,26). The van der Waals surface area contributed by atoms with Gasteiger partial charge >= 0.3 is 0 Å². The maximum absolute atomic E-state index is 12.5. The minimum atomic E-state index is -0.142. The van der Waals surface area contributed by atoms with Gasteiger partial charge in [-0.2, -0.15) is 0 Å². The Balaban J connectivity index is 1.43. The van der Waals surface area contributed by atoms with Crippen molar-refractivity contribution in [2.24, 2.45) is 0 Å². The Kier molecular flexibility index (Phi) is 5.70. The molecule has 1 saturated carbocycles. The van der Waals surface area contributed by atoms with Crippen LogP contribution in [0.2, 0.25) is 0 Å². The van der Waals surface area contributed by atoms with E-state index >= 15 is 0 Å². The fraction of sp³-hybridized carbons (Fsp3) is 0.261. The van der Waals surface area contributed by atoms with E-state index in [0.717, 1.165) is 30.0 Å². The minimum Gasteiger partial charge on any atom is -0.457 e. The van der Waals surface area contributed by atoms with Crippen LogP contribution >= 0.6 is 0 Å². The fourth-order valence-corrected chi connectivity index (χ4v) is 3.46. The summed E-state index contributed by atoms with van der Waals surface area (Å²) < 4.78 is 5.81. The van der Waals surface area contributed by atoms with Crippen molar-refractivity contribution in [3.63, 3.8) is 0 Å². The first kappa shape index (κ1) is 18.9. The summed E-state index contributed by atoms with van der Waals surface area (Å²) in [5.74, 6) is 2.54. The van der Waals surface area contributed by atoms with E-state index in [2.05, 4.69) is 20.6 Å². The molecule has 1 aromatic heterocycles. The van der Waals surface area contributed by atoms with E-state index in [-0.39, 0.29) is 11.9 Å². The van der Waals surface area contributed by atoms with Crippen LogP contribution in [0.25, 0.3) is 0 Å². The number of para-hydroxylation sites is 1.